The monoisotopic (exact) mass is 293 g/mol. The molecular weight excluding hydrogens is 274 g/mol. The van der Waals surface area contributed by atoms with Crippen molar-refractivity contribution in [1.29, 1.82) is 0 Å². The number of nitrogens with one attached hydrogen (secondary N) is 1. The first-order chi connectivity index (χ1) is 9.58. The van der Waals surface area contributed by atoms with Gasteiger partial charge < -0.3 is 10.5 Å². The maximum Gasteiger partial charge on any atom is 0.142 e. The smallest absolute Gasteiger partial charge is 0.142 e. The van der Waals surface area contributed by atoms with Gasteiger partial charge in [0.2, 0.25) is 0 Å². The van der Waals surface area contributed by atoms with Crippen LogP contribution < -0.4 is 10.5 Å². The highest BCUT2D eigenvalue weighted by atomic mass is 35.5. The molecule has 1 aliphatic rings. The van der Waals surface area contributed by atoms with Gasteiger partial charge in [-0.05, 0) is 50.7 Å². The molecule has 0 saturated heterocycles. The summed E-state index contributed by atoms with van der Waals surface area (Å²) in [5.74, 6) is 0.789. The van der Waals surface area contributed by atoms with Gasteiger partial charge in [-0.25, -0.2) is 0 Å². The maximum atomic E-state index is 6.50. The van der Waals surface area contributed by atoms with Crippen molar-refractivity contribution >= 4 is 22.5 Å². The van der Waals surface area contributed by atoms with Crippen LogP contribution in [0, 0.1) is 13.8 Å². The highest BCUT2D eigenvalue weighted by molar-refractivity contribution is 6.37. The van der Waals surface area contributed by atoms with Crippen LogP contribution in [-0.2, 0) is 0 Å². The fraction of sp³-hybridized carbons (Fsp3) is 0.533. The van der Waals surface area contributed by atoms with Gasteiger partial charge >= 0.3 is 0 Å². The molecule has 0 bridgehead atoms. The summed E-state index contributed by atoms with van der Waals surface area (Å²) in [5, 5.41) is 8.65. The highest BCUT2D eigenvalue weighted by Gasteiger charge is 2.24. The molecular formula is C15H20ClN3O. The predicted molar refractivity (Wildman–Crippen MR) is 81.4 cm³/mol. The standard InChI is InChI=1S/C15H20ClN3O/c1-8-9(2)15(13(16)12-7-18-19-14(8)12)20-11-5-3-4-10(17)6-11/h7,10-11H,3-6,17H2,1-2H3,(H,18,19)/t10-,11+/m0/s1. The molecule has 0 aliphatic heterocycles. The first-order valence-electron chi connectivity index (χ1n) is 7.12. The molecule has 0 unspecified atom stereocenters. The number of nitrogens with zero attached hydrogens (tertiary/aromatic N) is 1. The topological polar surface area (TPSA) is 63.9 Å². The number of nitrogens with two attached hydrogens (primary N) is 1. The molecule has 3 rings (SSSR count). The number of fused-ring (bicyclic) bond motifs is 1. The van der Waals surface area contributed by atoms with E-state index in [1.54, 1.807) is 6.20 Å². The molecule has 1 saturated carbocycles. The van der Waals surface area contributed by atoms with E-state index in [0.717, 1.165) is 53.5 Å². The highest BCUT2D eigenvalue weighted by Crippen LogP contribution is 2.39. The Labute approximate surface area is 123 Å². The van der Waals surface area contributed by atoms with Crippen molar-refractivity contribution in [2.75, 3.05) is 0 Å². The second-order valence-corrected chi connectivity index (χ2v) is 6.10. The molecule has 0 radical (unpaired) electrons. The van der Waals surface area contributed by atoms with E-state index in [9.17, 15) is 0 Å². The first kappa shape index (κ1) is 13.7. The number of hydrogen-bond acceptors (Lipinski definition) is 3. The molecule has 0 spiro atoms. The molecule has 1 aromatic carbocycles. The summed E-state index contributed by atoms with van der Waals surface area (Å²) in [4.78, 5) is 0. The van der Waals surface area contributed by atoms with Crippen molar-refractivity contribution in [2.24, 2.45) is 5.73 Å². The van der Waals surface area contributed by atoms with Gasteiger partial charge in [0.1, 0.15) is 11.9 Å². The Hall–Kier alpha value is -1.26. The number of benzene rings is 1. The van der Waals surface area contributed by atoms with Crippen LogP contribution in [0.4, 0.5) is 0 Å². The van der Waals surface area contributed by atoms with Crippen LogP contribution in [0.25, 0.3) is 10.9 Å². The zero-order chi connectivity index (χ0) is 14.3. The third kappa shape index (κ3) is 2.27. The molecule has 2 aromatic rings. The Morgan fingerprint density at radius 2 is 2.15 bits per heavy atom. The van der Waals surface area contributed by atoms with Gasteiger partial charge in [0.25, 0.3) is 0 Å². The van der Waals surface area contributed by atoms with Crippen molar-refractivity contribution < 1.29 is 4.74 Å². The van der Waals surface area contributed by atoms with Crippen molar-refractivity contribution in [2.45, 2.75) is 51.7 Å². The summed E-state index contributed by atoms with van der Waals surface area (Å²) in [5.41, 5.74) is 9.23. The Kier molecular flexibility index (Phi) is 3.61. The average Bonchev–Trinajstić information content (AvgIpc) is 2.91. The van der Waals surface area contributed by atoms with Crippen LogP contribution in [0.1, 0.15) is 36.8 Å². The molecule has 1 aromatic heterocycles. The van der Waals surface area contributed by atoms with Gasteiger partial charge in [0, 0.05) is 11.4 Å². The van der Waals surface area contributed by atoms with Gasteiger partial charge in [-0.15, -0.1) is 0 Å². The zero-order valence-corrected chi connectivity index (χ0v) is 12.6. The number of aromatic nitrogens is 2. The van der Waals surface area contributed by atoms with E-state index in [2.05, 4.69) is 17.1 Å². The van der Waals surface area contributed by atoms with E-state index in [0.29, 0.717) is 5.02 Å². The fourth-order valence-corrected chi connectivity index (χ4v) is 3.31. The van der Waals surface area contributed by atoms with Gasteiger partial charge in [0.05, 0.1) is 16.7 Å². The maximum absolute atomic E-state index is 6.50. The average molecular weight is 294 g/mol. The first-order valence-corrected chi connectivity index (χ1v) is 7.49. The Balaban J connectivity index is 1.98. The number of ether oxygens (including phenoxy) is 1. The van der Waals surface area contributed by atoms with E-state index < -0.39 is 0 Å². The molecule has 3 N–H and O–H groups in total. The summed E-state index contributed by atoms with van der Waals surface area (Å²) in [7, 11) is 0. The van der Waals surface area contributed by atoms with Gasteiger partial charge in [-0.2, -0.15) is 5.10 Å². The van der Waals surface area contributed by atoms with Gasteiger partial charge in [-0.1, -0.05) is 11.6 Å². The minimum absolute atomic E-state index is 0.165. The van der Waals surface area contributed by atoms with Crippen LogP contribution in [-0.4, -0.2) is 22.3 Å². The Morgan fingerprint density at radius 3 is 2.90 bits per heavy atom. The van der Waals surface area contributed by atoms with Crippen molar-refractivity contribution in [3.8, 4) is 5.75 Å². The van der Waals surface area contributed by atoms with E-state index in [1.165, 1.54) is 0 Å². The largest absolute Gasteiger partial charge is 0.488 e. The summed E-state index contributed by atoms with van der Waals surface area (Å²) in [6.45, 7) is 4.10. The SMILES string of the molecule is Cc1c(O[C@@H]2CCC[C@H](N)C2)c(Cl)c2cn[nH]c2c1C. The van der Waals surface area contributed by atoms with E-state index >= 15 is 0 Å². The molecule has 2 atom stereocenters. The number of halogens is 1. The van der Waals surface area contributed by atoms with Crippen LogP contribution in [0.3, 0.4) is 0 Å². The molecule has 0 amide bonds. The predicted octanol–water partition coefficient (Wildman–Crippen LogP) is 3.48. The normalized spacial score (nSPS) is 23.2. The van der Waals surface area contributed by atoms with E-state index in [-0.39, 0.29) is 12.1 Å². The summed E-state index contributed by atoms with van der Waals surface area (Å²) < 4.78 is 6.19. The number of H-pyrrole nitrogens is 1. The van der Waals surface area contributed by atoms with Crippen LogP contribution in [0.15, 0.2) is 6.20 Å². The van der Waals surface area contributed by atoms with E-state index in [1.807, 2.05) is 6.92 Å². The minimum atomic E-state index is 0.165. The summed E-state index contributed by atoms with van der Waals surface area (Å²) in [6, 6.07) is 0.242. The zero-order valence-electron chi connectivity index (χ0n) is 11.9. The summed E-state index contributed by atoms with van der Waals surface area (Å²) >= 11 is 6.50. The minimum Gasteiger partial charge on any atom is -0.488 e. The molecule has 1 fully saturated rings. The fourth-order valence-electron chi connectivity index (χ4n) is 2.98. The Morgan fingerprint density at radius 1 is 1.35 bits per heavy atom. The number of aryl methyl sites for hydroxylation is 1. The van der Waals surface area contributed by atoms with E-state index in [4.69, 9.17) is 22.1 Å². The Bertz CT molecular complexity index is 638. The number of rotatable bonds is 2. The van der Waals surface area contributed by atoms with Crippen molar-refractivity contribution in [3.63, 3.8) is 0 Å². The molecule has 1 heterocycles. The third-order valence-electron chi connectivity index (χ3n) is 4.30. The molecule has 108 valence electrons. The second kappa shape index (κ2) is 5.26. The van der Waals surface area contributed by atoms with Crippen molar-refractivity contribution in [3.05, 3.63) is 22.3 Å². The molecule has 4 nitrogen and oxygen atoms in total. The van der Waals surface area contributed by atoms with Gasteiger partial charge in [-0.3, -0.25) is 5.10 Å². The van der Waals surface area contributed by atoms with Crippen molar-refractivity contribution in [1.82, 2.24) is 10.2 Å². The van der Waals surface area contributed by atoms with Gasteiger partial charge in [0.15, 0.2) is 0 Å². The lowest BCUT2D eigenvalue weighted by atomic mass is 9.93. The number of hydrogen-bond donors (Lipinski definition) is 2. The van der Waals surface area contributed by atoms with Crippen LogP contribution in [0.5, 0.6) is 5.75 Å². The van der Waals surface area contributed by atoms with Crippen LogP contribution in [0.2, 0.25) is 5.02 Å². The quantitative estimate of drug-likeness (QED) is 0.891. The molecule has 20 heavy (non-hydrogen) atoms. The van der Waals surface area contributed by atoms with Crippen LogP contribution >= 0.6 is 11.6 Å². The molecule has 5 heteroatoms. The lowest BCUT2D eigenvalue weighted by Crippen LogP contribution is -2.33. The lowest BCUT2D eigenvalue weighted by Gasteiger charge is -2.28. The lowest BCUT2D eigenvalue weighted by molar-refractivity contribution is 0.144. The second-order valence-electron chi connectivity index (χ2n) is 5.72. The number of aromatic amines is 1. The third-order valence-corrected chi connectivity index (χ3v) is 4.68. The summed E-state index contributed by atoms with van der Waals surface area (Å²) in [6.07, 6.45) is 6.08. The molecule has 1 aliphatic carbocycles.